The van der Waals surface area contributed by atoms with Crippen molar-refractivity contribution in [1.29, 1.82) is 0 Å². The summed E-state index contributed by atoms with van der Waals surface area (Å²) in [5.74, 6) is 0.110. The summed E-state index contributed by atoms with van der Waals surface area (Å²) in [5.41, 5.74) is 5.61. The summed E-state index contributed by atoms with van der Waals surface area (Å²) in [7, 11) is 4.12. The molecule has 0 spiro atoms. The summed E-state index contributed by atoms with van der Waals surface area (Å²) < 4.78 is 1.18. The van der Waals surface area contributed by atoms with Crippen LogP contribution in [0.2, 0.25) is 0 Å². The number of carbonyl (C=O) groups excluding carboxylic acids is 1. The number of thiazole rings is 1. The van der Waals surface area contributed by atoms with Crippen LogP contribution in [-0.2, 0) is 11.2 Å². The third-order valence-electron chi connectivity index (χ3n) is 4.89. The molecule has 0 aliphatic carbocycles. The van der Waals surface area contributed by atoms with Gasteiger partial charge in [0, 0.05) is 6.54 Å². The molecule has 0 atom stereocenters. The van der Waals surface area contributed by atoms with Gasteiger partial charge in [-0.2, -0.15) is 0 Å². The summed E-state index contributed by atoms with van der Waals surface area (Å²) >= 11 is 1.63. The number of anilines is 1. The van der Waals surface area contributed by atoms with Crippen LogP contribution in [-0.4, -0.2) is 43.0 Å². The zero-order valence-corrected chi connectivity index (χ0v) is 19.5. The Morgan fingerprint density at radius 3 is 2.41 bits per heavy atom. The van der Waals surface area contributed by atoms with E-state index < -0.39 is 0 Å². The molecule has 0 fully saturated rings. The van der Waals surface area contributed by atoms with Crippen LogP contribution in [0.15, 0.2) is 36.4 Å². The molecule has 156 valence electrons. The van der Waals surface area contributed by atoms with E-state index in [0.717, 1.165) is 34.7 Å². The molecule has 3 aromatic rings. The van der Waals surface area contributed by atoms with Gasteiger partial charge in [0.05, 0.1) is 16.6 Å². The lowest BCUT2D eigenvalue weighted by Gasteiger charge is -2.21. The first-order valence-corrected chi connectivity index (χ1v) is 10.5. The number of halogens is 1. The molecule has 6 heteroatoms. The molecule has 0 bridgehead atoms. The predicted octanol–water partition coefficient (Wildman–Crippen LogP) is 5.17. The van der Waals surface area contributed by atoms with E-state index in [-0.39, 0.29) is 18.3 Å². The zero-order valence-electron chi connectivity index (χ0n) is 17.9. The minimum absolute atomic E-state index is 0. The lowest BCUT2D eigenvalue weighted by Crippen LogP contribution is -2.34. The maximum absolute atomic E-state index is 13.2. The summed E-state index contributed by atoms with van der Waals surface area (Å²) in [4.78, 5) is 22.1. The van der Waals surface area contributed by atoms with Crippen molar-refractivity contribution in [2.24, 2.45) is 0 Å². The number of benzene rings is 2. The quantitative estimate of drug-likeness (QED) is 0.517. The van der Waals surface area contributed by atoms with Gasteiger partial charge in [-0.3, -0.25) is 9.69 Å². The number of hydrogen-bond acceptors (Lipinski definition) is 4. The van der Waals surface area contributed by atoms with Crippen molar-refractivity contribution < 1.29 is 4.79 Å². The van der Waals surface area contributed by atoms with Gasteiger partial charge < -0.3 is 4.90 Å². The van der Waals surface area contributed by atoms with Crippen molar-refractivity contribution >= 4 is 45.0 Å². The number of amides is 1. The SMILES string of the molecule is Cc1cccc(CC(=O)N(CCCN(C)C)c2nc3c(C)ccc(C)c3s2)c1.Cl. The maximum atomic E-state index is 13.2. The van der Waals surface area contributed by atoms with Gasteiger partial charge in [0.15, 0.2) is 5.13 Å². The number of fused-ring (bicyclic) bond motifs is 1. The van der Waals surface area contributed by atoms with Gasteiger partial charge in [-0.25, -0.2) is 4.98 Å². The Morgan fingerprint density at radius 2 is 1.76 bits per heavy atom. The molecule has 0 aliphatic heterocycles. The summed E-state index contributed by atoms with van der Waals surface area (Å²) in [6.45, 7) is 7.87. The summed E-state index contributed by atoms with van der Waals surface area (Å²) in [6, 6.07) is 12.4. The molecule has 1 heterocycles. The van der Waals surface area contributed by atoms with E-state index in [4.69, 9.17) is 4.98 Å². The van der Waals surface area contributed by atoms with Gasteiger partial charge >= 0.3 is 0 Å². The molecule has 4 nitrogen and oxygen atoms in total. The molecule has 0 unspecified atom stereocenters. The number of hydrogen-bond donors (Lipinski definition) is 0. The minimum atomic E-state index is 0. The van der Waals surface area contributed by atoms with Crippen molar-refractivity contribution in [3.63, 3.8) is 0 Å². The molecular formula is C23H30ClN3OS. The number of aryl methyl sites for hydroxylation is 3. The van der Waals surface area contributed by atoms with Gasteiger partial charge in [-0.05, 0) is 64.5 Å². The Morgan fingerprint density at radius 1 is 1.03 bits per heavy atom. The molecule has 1 amide bonds. The van der Waals surface area contributed by atoms with Gasteiger partial charge in [0.25, 0.3) is 0 Å². The number of carbonyl (C=O) groups is 1. The third kappa shape index (κ3) is 5.78. The minimum Gasteiger partial charge on any atom is -0.309 e. The zero-order chi connectivity index (χ0) is 20.3. The van der Waals surface area contributed by atoms with Crippen molar-refractivity contribution in [3.05, 3.63) is 58.7 Å². The molecular weight excluding hydrogens is 402 g/mol. The molecule has 0 saturated heterocycles. The molecule has 0 radical (unpaired) electrons. The van der Waals surface area contributed by atoms with E-state index in [0.29, 0.717) is 13.0 Å². The fraction of sp³-hybridized carbons (Fsp3) is 0.391. The molecule has 1 aromatic heterocycles. The maximum Gasteiger partial charge on any atom is 0.233 e. The third-order valence-corrected chi connectivity index (χ3v) is 6.10. The van der Waals surface area contributed by atoms with Gasteiger partial charge in [0.2, 0.25) is 5.91 Å². The fourth-order valence-corrected chi connectivity index (χ4v) is 4.48. The van der Waals surface area contributed by atoms with Crippen molar-refractivity contribution in [1.82, 2.24) is 9.88 Å². The second-order valence-electron chi connectivity index (χ2n) is 7.74. The van der Waals surface area contributed by atoms with Crippen LogP contribution in [0.3, 0.4) is 0 Å². The van der Waals surface area contributed by atoms with Crippen molar-refractivity contribution in [2.75, 3.05) is 32.1 Å². The van der Waals surface area contributed by atoms with Crippen molar-refractivity contribution in [2.45, 2.75) is 33.6 Å². The van der Waals surface area contributed by atoms with Crippen LogP contribution in [0.1, 0.15) is 28.7 Å². The smallest absolute Gasteiger partial charge is 0.233 e. The fourth-order valence-electron chi connectivity index (χ4n) is 3.33. The Kier molecular flexibility index (Phi) is 8.20. The molecule has 29 heavy (non-hydrogen) atoms. The molecule has 3 rings (SSSR count). The molecule has 0 N–H and O–H groups in total. The lowest BCUT2D eigenvalue weighted by atomic mass is 10.1. The van der Waals surface area contributed by atoms with Gasteiger partial charge in [0.1, 0.15) is 0 Å². The molecule has 0 saturated carbocycles. The van der Waals surface area contributed by atoms with E-state index in [1.807, 2.05) is 17.0 Å². The van der Waals surface area contributed by atoms with Gasteiger partial charge in [-0.1, -0.05) is 53.3 Å². The van der Waals surface area contributed by atoms with Crippen molar-refractivity contribution in [3.8, 4) is 0 Å². The lowest BCUT2D eigenvalue weighted by molar-refractivity contribution is -0.118. The predicted molar refractivity (Wildman–Crippen MR) is 127 cm³/mol. The molecule has 2 aromatic carbocycles. The number of rotatable bonds is 7. The van der Waals surface area contributed by atoms with Gasteiger partial charge in [-0.15, -0.1) is 12.4 Å². The van der Waals surface area contributed by atoms with Crippen LogP contribution in [0.5, 0.6) is 0 Å². The Bertz CT molecular complexity index is 944. The van der Waals surface area contributed by atoms with E-state index in [1.54, 1.807) is 11.3 Å². The van der Waals surface area contributed by atoms with E-state index in [2.05, 4.69) is 64.0 Å². The van der Waals surface area contributed by atoms with Crippen LogP contribution >= 0.6 is 23.7 Å². The second-order valence-corrected chi connectivity index (χ2v) is 8.72. The normalized spacial score (nSPS) is 11.0. The van der Waals surface area contributed by atoms with E-state index >= 15 is 0 Å². The Labute approximate surface area is 184 Å². The highest BCUT2D eigenvalue weighted by Gasteiger charge is 2.21. The first kappa shape index (κ1) is 23.3. The number of aromatic nitrogens is 1. The standard InChI is InChI=1S/C23H29N3OS.ClH/c1-16-8-6-9-19(14-16)15-20(27)26(13-7-12-25(4)5)23-24-21-17(2)10-11-18(3)22(21)28-23;/h6,8-11,14H,7,12-13,15H2,1-5H3;1H. The average molecular weight is 432 g/mol. The van der Waals surface area contributed by atoms with Crippen LogP contribution in [0.4, 0.5) is 5.13 Å². The first-order valence-electron chi connectivity index (χ1n) is 9.72. The topological polar surface area (TPSA) is 36.4 Å². The highest BCUT2D eigenvalue weighted by atomic mass is 35.5. The summed E-state index contributed by atoms with van der Waals surface area (Å²) in [5, 5.41) is 0.809. The first-order chi connectivity index (χ1) is 13.3. The average Bonchev–Trinajstić information content (AvgIpc) is 3.08. The van der Waals surface area contributed by atoms with Crippen LogP contribution in [0.25, 0.3) is 10.2 Å². The highest BCUT2D eigenvalue weighted by Crippen LogP contribution is 2.33. The Balaban J connectivity index is 0.00000300. The number of nitrogens with zero attached hydrogens (tertiary/aromatic N) is 3. The summed E-state index contributed by atoms with van der Waals surface area (Å²) in [6.07, 6.45) is 1.32. The largest absolute Gasteiger partial charge is 0.309 e. The van der Waals surface area contributed by atoms with Crippen LogP contribution < -0.4 is 4.90 Å². The van der Waals surface area contributed by atoms with E-state index in [9.17, 15) is 4.79 Å². The highest BCUT2D eigenvalue weighted by molar-refractivity contribution is 7.22. The Hall–Kier alpha value is -1.95. The second kappa shape index (κ2) is 10.2. The van der Waals surface area contributed by atoms with Crippen LogP contribution in [0, 0.1) is 20.8 Å². The monoisotopic (exact) mass is 431 g/mol. The molecule has 0 aliphatic rings. The van der Waals surface area contributed by atoms with E-state index in [1.165, 1.54) is 15.8 Å².